The lowest BCUT2D eigenvalue weighted by atomic mass is 9.92. The fourth-order valence-corrected chi connectivity index (χ4v) is 5.30. The minimum atomic E-state index is -5.12. The van der Waals surface area contributed by atoms with Crippen molar-refractivity contribution in [3.63, 3.8) is 0 Å². The summed E-state index contributed by atoms with van der Waals surface area (Å²) >= 11 is 0. The van der Waals surface area contributed by atoms with Crippen LogP contribution in [0.25, 0.3) is 67.4 Å². The second-order valence-corrected chi connectivity index (χ2v) is 11.2. The van der Waals surface area contributed by atoms with Crippen LogP contribution < -0.4 is 10.5 Å². The first kappa shape index (κ1) is 36.0. The number of rotatable bonds is 7. The predicted octanol–water partition coefficient (Wildman–Crippen LogP) is 5.09. The molecule has 0 atom stereocenters. The van der Waals surface area contributed by atoms with Crippen LogP contribution in [0.2, 0.25) is 0 Å². The molecule has 2 N–H and O–H groups in total. The van der Waals surface area contributed by atoms with E-state index in [4.69, 9.17) is 10.5 Å². The first-order valence-corrected chi connectivity index (χ1v) is 15.2. The van der Waals surface area contributed by atoms with Gasteiger partial charge in [0.25, 0.3) is 0 Å². The molecule has 55 heavy (non-hydrogen) atoms. The van der Waals surface area contributed by atoms with Crippen LogP contribution in [0.15, 0.2) is 54.9 Å². The lowest BCUT2D eigenvalue weighted by Crippen LogP contribution is -2.14. The van der Waals surface area contributed by atoms with Gasteiger partial charge in [0.2, 0.25) is 11.8 Å². The molecular formula is C32H17F7N15O. The van der Waals surface area contributed by atoms with Crippen LogP contribution in [-0.4, -0.2) is 78.5 Å². The topological polar surface area (TPSA) is 216 Å². The van der Waals surface area contributed by atoms with Crippen molar-refractivity contribution in [2.24, 2.45) is 0 Å². The number of nitrogens with two attached hydrogens (primary N) is 1. The van der Waals surface area contributed by atoms with Crippen molar-refractivity contribution in [1.29, 1.82) is 0 Å². The molecule has 0 bridgehead atoms. The van der Waals surface area contributed by atoms with E-state index < -0.39 is 52.2 Å². The molecule has 0 aromatic carbocycles. The van der Waals surface area contributed by atoms with Gasteiger partial charge in [-0.2, -0.15) is 46.0 Å². The molecule has 1 radical (unpaired) electrons. The first-order chi connectivity index (χ1) is 26.2. The molecule has 0 saturated heterocycles. The van der Waals surface area contributed by atoms with Crippen LogP contribution in [0.3, 0.4) is 0 Å². The zero-order valence-corrected chi connectivity index (χ0v) is 27.6. The molecule has 7 heterocycles. The Kier molecular flexibility index (Phi) is 9.11. The first-order valence-electron chi connectivity index (χ1n) is 15.2. The quantitative estimate of drug-likeness (QED) is 0.209. The average Bonchev–Trinajstić information content (AvgIpc) is 3.17. The van der Waals surface area contributed by atoms with E-state index >= 15 is 0 Å². The maximum Gasteiger partial charge on any atom is 0.435 e. The van der Waals surface area contributed by atoms with Crippen molar-refractivity contribution in [2.75, 3.05) is 12.8 Å². The predicted molar refractivity (Wildman–Crippen MR) is 173 cm³/mol. The number of halogens is 7. The van der Waals surface area contributed by atoms with E-state index in [1.54, 1.807) is 0 Å². The zero-order chi connectivity index (χ0) is 39.1. The number of nitrogen functional groups attached to an aromatic ring is 1. The maximum absolute atomic E-state index is 14.5. The van der Waals surface area contributed by atoms with Gasteiger partial charge in [-0.25, -0.2) is 0 Å². The molecule has 0 spiro atoms. The van der Waals surface area contributed by atoms with Crippen LogP contribution in [0.5, 0.6) is 5.88 Å². The van der Waals surface area contributed by atoms with Gasteiger partial charge in [-0.05, 0) is 37.3 Å². The van der Waals surface area contributed by atoms with Gasteiger partial charge < -0.3 is 10.5 Å². The molecule has 275 valence electrons. The number of alkyl halides is 6. The van der Waals surface area contributed by atoms with E-state index in [1.165, 1.54) is 44.6 Å². The highest BCUT2D eigenvalue weighted by Crippen LogP contribution is 2.45. The number of anilines is 1. The second kappa shape index (κ2) is 13.9. The summed E-state index contributed by atoms with van der Waals surface area (Å²) in [7, 11) is 1.35. The molecule has 0 aliphatic carbocycles. The molecule has 0 aliphatic rings. The number of aryl methyl sites for hydroxylation is 1. The minimum absolute atomic E-state index is 0.0144. The summed E-state index contributed by atoms with van der Waals surface area (Å²) in [4.78, 5) is 0. The molecule has 7 aromatic heterocycles. The number of aromatic nitrogens is 14. The van der Waals surface area contributed by atoms with Gasteiger partial charge >= 0.3 is 12.4 Å². The number of hydrogen-bond acceptors (Lipinski definition) is 16. The molecule has 0 unspecified atom stereocenters. The van der Waals surface area contributed by atoms with Gasteiger partial charge in [0.05, 0.1) is 30.9 Å². The summed E-state index contributed by atoms with van der Waals surface area (Å²) < 4.78 is 105. The van der Waals surface area contributed by atoms with Crippen LogP contribution >= 0.6 is 0 Å². The summed E-state index contributed by atoms with van der Waals surface area (Å²) in [6.45, 7) is 1.44. The second-order valence-electron chi connectivity index (χ2n) is 11.2. The number of nitrogens with zero attached hydrogens (tertiary/aromatic N) is 14. The third kappa shape index (κ3) is 7.08. The van der Waals surface area contributed by atoms with Crippen molar-refractivity contribution >= 4 is 5.82 Å². The minimum Gasteiger partial charge on any atom is -0.480 e. The lowest BCUT2D eigenvalue weighted by Gasteiger charge is -2.18. The number of hydrogen-bond donors (Lipinski definition) is 1. The fourth-order valence-electron chi connectivity index (χ4n) is 5.30. The Morgan fingerprint density at radius 3 is 1.87 bits per heavy atom. The van der Waals surface area contributed by atoms with Gasteiger partial charge in [0, 0.05) is 51.1 Å². The number of methoxy groups -OCH3 is 1. The Morgan fingerprint density at radius 2 is 1.25 bits per heavy atom. The van der Waals surface area contributed by atoms with Crippen molar-refractivity contribution in [3.05, 3.63) is 84.1 Å². The Balaban J connectivity index is 1.57. The van der Waals surface area contributed by atoms with Crippen molar-refractivity contribution < 1.29 is 35.5 Å². The van der Waals surface area contributed by atoms with Crippen LogP contribution in [0.4, 0.5) is 36.6 Å². The average molecular weight is 761 g/mol. The maximum atomic E-state index is 14.5. The summed E-state index contributed by atoms with van der Waals surface area (Å²) in [5, 5.41) is 52.9. The van der Waals surface area contributed by atoms with Crippen LogP contribution in [-0.2, 0) is 12.4 Å². The van der Waals surface area contributed by atoms with Gasteiger partial charge in [-0.1, -0.05) is 0 Å². The summed E-state index contributed by atoms with van der Waals surface area (Å²) in [5.74, 6) is -1.19. The summed E-state index contributed by atoms with van der Waals surface area (Å²) in [6.07, 6.45) is -5.07. The van der Waals surface area contributed by atoms with Crippen molar-refractivity contribution in [2.45, 2.75) is 19.3 Å². The summed E-state index contributed by atoms with van der Waals surface area (Å²) in [6, 6.07) is 7.44. The summed E-state index contributed by atoms with van der Waals surface area (Å²) in [5.41, 5.74) is 0.304. The van der Waals surface area contributed by atoms with Gasteiger partial charge in [-0.3, -0.25) is 0 Å². The molecule has 16 nitrogen and oxygen atoms in total. The molecule has 23 heteroatoms. The molecule has 0 amide bonds. The largest absolute Gasteiger partial charge is 0.480 e. The standard InChI is InChI=1S/C32H17F7N15O/c1-13-26(19(12-43-44-13)20-3-4-25(55-2)50-45-20)30-17(8-22(47-54-30)32(37,38)39)28-16(7-21(46-51-28)31(34,35)36)29-18(10-24(40)49-53-29)27-15(9-23(33)48-52-27)14-5-6-41-42-11-14/h3-11H,1-2H3,(H2,40,49). The normalized spacial score (nSPS) is 11.8. The smallest absolute Gasteiger partial charge is 0.435 e. The van der Waals surface area contributed by atoms with E-state index in [0.29, 0.717) is 12.1 Å². The third-order valence-corrected chi connectivity index (χ3v) is 7.72. The molecule has 7 rings (SSSR count). The van der Waals surface area contributed by atoms with Gasteiger partial charge in [0.1, 0.15) is 34.8 Å². The Morgan fingerprint density at radius 1 is 0.636 bits per heavy atom. The monoisotopic (exact) mass is 760 g/mol. The van der Waals surface area contributed by atoms with Gasteiger partial charge in [0.15, 0.2) is 11.4 Å². The fraction of sp³-hybridized carbons (Fsp3) is 0.125. The molecular weight excluding hydrogens is 743 g/mol. The Hall–Kier alpha value is -7.33. The van der Waals surface area contributed by atoms with E-state index in [-0.39, 0.29) is 62.3 Å². The van der Waals surface area contributed by atoms with E-state index in [9.17, 15) is 30.7 Å². The van der Waals surface area contributed by atoms with Crippen molar-refractivity contribution in [3.8, 4) is 73.3 Å². The van der Waals surface area contributed by atoms with E-state index in [2.05, 4.69) is 77.6 Å². The third-order valence-electron chi connectivity index (χ3n) is 7.72. The highest BCUT2D eigenvalue weighted by Gasteiger charge is 2.38. The van der Waals surface area contributed by atoms with E-state index in [0.717, 1.165) is 12.1 Å². The van der Waals surface area contributed by atoms with Crippen molar-refractivity contribution in [1.82, 2.24) is 71.4 Å². The Labute approximate surface area is 302 Å². The van der Waals surface area contributed by atoms with Gasteiger partial charge in [-0.15, -0.1) is 56.1 Å². The Bertz CT molecular complexity index is 2560. The molecule has 7 aromatic rings. The van der Waals surface area contributed by atoms with Crippen LogP contribution in [0.1, 0.15) is 17.1 Å². The SMILES string of the molecule is COc1ccc(-c2[c]nnc(C)c2-c2nnc(C(F)(F)F)cc2-c2nnc(C(F)(F)F)cc2-c2nnc(N)cc2-c2nnc(F)cc2-c2ccnnc2)nn1. The van der Waals surface area contributed by atoms with E-state index in [1.807, 2.05) is 0 Å². The highest BCUT2D eigenvalue weighted by atomic mass is 19.4. The number of ether oxygens (including phenoxy) is 1. The highest BCUT2D eigenvalue weighted by molar-refractivity contribution is 5.96. The molecule has 0 saturated carbocycles. The molecule has 0 aliphatic heterocycles. The molecule has 0 fully saturated rings. The zero-order valence-electron chi connectivity index (χ0n) is 27.6. The lowest BCUT2D eigenvalue weighted by molar-refractivity contribution is -0.142. The van der Waals surface area contributed by atoms with Crippen LogP contribution in [0, 0.1) is 19.1 Å².